The van der Waals surface area contributed by atoms with Gasteiger partial charge in [0, 0.05) is 23.7 Å². The van der Waals surface area contributed by atoms with Crippen molar-refractivity contribution in [1.29, 1.82) is 0 Å². The molecule has 1 aliphatic rings. The average molecular weight is 682 g/mol. The first-order valence-electron chi connectivity index (χ1n) is 15.0. The van der Waals surface area contributed by atoms with Crippen molar-refractivity contribution in [3.8, 4) is 5.75 Å². The van der Waals surface area contributed by atoms with Crippen LogP contribution in [0.15, 0.2) is 107 Å². The summed E-state index contributed by atoms with van der Waals surface area (Å²) in [6, 6.07) is 26.4. The quantitative estimate of drug-likeness (QED) is 0.183. The molecule has 1 fully saturated rings. The van der Waals surface area contributed by atoms with Gasteiger partial charge in [-0.25, -0.2) is 16.8 Å². The largest absolute Gasteiger partial charge is 0.492 e. The summed E-state index contributed by atoms with van der Waals surface area (Å²) in [4.78, 5) is 13.2. The number of aryl methyl sites for hydroxylation is 1. The third-order valence-corrected chi connectivity index (χ3v) is 11.7. The van der Waals surface area contributed by atoms with Gasteiger partial charge in [-0.3, -0.25) is 9.10 Å². The van der Waals surface area contributed by atoms with Crippen LogP contribution in [-0.4, -0.2) is 53.3 Å². The average Bonchev–Trinajstić information content (AvgIpc) is 3.08. The van der Waals surface area contributed by atoms with Crippen LogP contribution in [0, 0.1) is 6.92 Å². The summed E-state index contributed by atoms with van der Waals surface area (Å²) in [5, 5.41) is 3.23. The molecular weight excluding hydrogens is 646 g/mol. The van der Waals surface area contributed by atoms with Crippen molar-refractivity contribution in [2.75, 3.05) is 30.5 Å². The van der Waals surface area contributed by atoms with Crippen LogP contribution in [0.4, 0.5) is 5.69 Å². The maximum absolute atomic E-state index is 13.7. The van der Waals surface area contributed by atoms with E-state index in [9.17, 15) is 21.6 Å². The van der Waals surface area contributed by atoms with Crippen molar-refractivity contribution >= 4 is 43.2 Å². The number of benzene rings is 4. The highest BCUT2D eigenvalue weighted by Crippen LogP contribution is 2.31. The first-order chi connectivity index (χ1) is 22.1. The Balaban J connectivity index is 1.18. The molecule has 1 saturated heterocycles. The van der Waals surface area contributed by atoms with Gasteiger partial charge in [-0.15, -0.1) is 0 Å². The van der Waals surface area contributed by atoms with Crippen molar-refractivity contribution < 1.29 is 26.4 Å². The van der Waals surface area contributed by atoms with E-state index in [0.29, 0.717) is 40.7 Å². The Morgan fingerprint density at radius 2 is 1.52 bits per heavy atom. The topological polar surface area (TPSA) is 113 Å². The van der Waals surface area contributed by atoms with Gasteiger partial charge in [-0.1, -0.05) is 54.4 Å². The molecule has 0 bridgehead atoms. The molecule has 1 aliphatic heterocycles. The maximum atomic E-state index is 13.7. The van der Waals surface area contributed by atoms with Crippen LogP contribution in [0.2, 0.25) is 5.02 Å². The predicted molar refractivity (Wildman–Crippen MR) is 179 cm³/mol. The molecule has 0 aliphatic carbocycles. The van der Waals surface area contributed by atoms with Gasteiger partial charge in [0.05, 0.1) is 28.6 Å². The molecule has 1 heterocycles. The second-order valence-electron chi connectivity index (χ2n) is 11.0. The van der Waals surface area contributed by atoms with Crippen LogP contribution in [0.3, 0.4) is 0 Å². The summed E-state index contributed by atoms with van der Waals surface area (Å²) in [7, 11) is -7.43. The van der Waals surface area contributed by atoms with E-state index in [0.717, 1.165) is 24.8 Å². The molecule has 4 aromatic rings. The Morgan fingerprint density at radius 3 is 2.20 bits per heavy atom. The zero-order valence-corrected chi connectivity index (χ0v) is 27.8. The summed E-state index contributed by atoms with van der Waals surface area (Å²) in [6.07, 6.45) is 2.79. The third kappa shape index (κ3) is 7.90. The highest BCUT2D eigenvalue weighted by molar-refractivity contribution is 7.92. The Labute approximate surface area is 275 Å². The van der Waals surface area contributed by atoms with Gasteiger partial charge in [0.15, 0.2) is 0 Å². The van der Waals surface area contributed by atoms with E-state index in [1.807, 2.05) is 6.92 Å². The molecule has 12 heteroatoms. The second-order valence-corrected chi connectivity index (χ2v) is 15.2. The fraction of sp³-hybridized carbons (Fsp3) is 0.265. The molecule has 0 unspecified atom stereocenters. The molecule has 4 aromatic carbocycles. The van der Waals surface area contributed by atoms with E-state index in [2.05, 4.69) is 5.32 Å². The van der Waals surface area contributed by atoms with Gasteiger partial charge < -0.3 is 10.1 Å². The number of ether oxygens (including phenoxy) is 1. The van der Waals surface area contributed by atoms with E-state index in [1.54, 1.807) is 97.1 Å². The number of carbonyl (C=O) groups is 1. The fourth-order valence-electron chi connectivity index (χ4n) is 5.20. The van der Waals surface area contributed by atoms with Crippen LogP contribution in [-0.2, 0) is 26.6 Å². The Bertz CT molecular complexity index is 1860. The summed E-state index contributed by atoms with van der Waals surface area (Å²) in [5.74, 6) is 0.193. The number of nitrogens with one attached hydrogen (secondary N) is 1. The van der Waals surface area contributed by atoms with Gasteiger partial charge in [-0.05, 0) is 91.6 Å². The minimum absolute atomic E-state index is 0.0340. The normalized spacial score (nSPS) is 14.0. The summed E-state index contributed by atoms with van der Waals surface area (Å²) in [5.41, 5.74) is 2.31. The Morgan fingerprint density at radius 1 is 0.848 bits per heavy atom. The number of nitrogens with zero attached hydrogens (tertiary/aromatic N) is 2. The standard InChI is InChI=1S/C34H36ClN3O6S2/c1-26-10-15-29(35)24-33(26)38(46(42,43)31-8-4-2-5-9-31)25-27-11-13-28(14-12-27)34(39)36-20-23-44-30-16-18-32(19-17-30)45(40,41)37-21-6-3-7-22-37/h2,4-5,8-19,24H,3,6-7,20-23,25H2,1H3,(H,36,39). The lowest BCUT2D eigenvalue weighted by atomic mass is 10.1. The molecule has 0 saturated carbocycles. The van der Waals surface area contributed by atoms with Crippen LogP contribution < -0.4 is 14.4 Å². The van der Waals surface area contributed by atoms with Crippen LogP contribution in [0.5, 0.6) is 5.75 Å². The number of amides is 1. The molecule has 242 valence electrons. The van der Waals surface area contributed by atoms with Gasteiger partial charge in [0.1, 0.15) is 12.4 Å². The monoisotopic (exact) mass is 681 g/mol. The molecule has 46 heavy (non-hydrogen) atoms. The lowest BCUT2D eigenvalue weighted by molar-refractivity contribution is 0.0947. The number of rotatable bonds is 12. The number of hydrogen-bond acceptors (Lipinski definition) is 6. The predicted octanol–water partition coefficient (Wildman–Crippen LogP) is 6.03. The smallest absolute Gasteiger partial charge is 0.264 e. The number of carbonyl (C=O) groups excluding carboxylic acids is 1. The molecule has 0 atom stereocenters. The third-order valence-electron chi connectivity index (χ3n) is 7.75. The van der Waals surface area contributed by atoms with E-state index >= 15 is 0 Å². The van der Waals surface area contributed by atoms with E-state index in [1.165, 1.54) is 8.61 Å². The molecular formula is C34H36ClN3O6S2. The van der Waals surface area contributed by atoms with Gasteiger partial charge in [0.25, 0.3) is 15.9 Å². The summed E-state index contributed by atoms with van der Waals surface area (Å²) < 4.78 is 61.7. The van der Waals surface area contributed by atoms with Crippen LogP contribution >= 0.6 is 11.6 Å². The minimum atomic E-state index is -3.92. The van der Waals surface area contributed by atoms with Crippen molar-refractivity contribution in [1.82, 2.24) is 9.62 Å². The van der Waals surface area contributed by atoms with Gasteiger partial charge in [-0.2, -0.15) is 4.31 Å². The van der Waals surface area contributed by atoms with Crippen LogP contribution in [0.25, 0.3) is 0 Å². The Kier molecular flexibility index (Phi) is 10.7. The Hall–Kier alpha value is -3.90. The van der Waals surface area contributed by atoms with Crippen LogP contribution in [0.1, 0.15) is 40.7 Å². The number of piperidine rings is 1. The first-order valence-corrected chi connectivity index (χ1v) is 18.3. The molecule has 5 rings (SSSR count). The molecule has 1 amide bonds. The zero-order valence-electron chi connectivity index (χ0n) is 25.4. The molecule has 0 aromatic heterocycles. The van der Waals surface area contributed by atoms with Crippen molar-refractivity contribution in [3.63, 3.8) is 0 Å². The number of hydrogen-bond donors (Lipinski definition) is 1. The van der Waals surface area contributed by atoms with Crippen molar-refractivity contribution in [2.45, 2.75) is 42.5 Å². The van der Waals surface area contributed by atoms with Crippen molar-refractivity contribution in [3.05, 3.63) is 119 Å². The molecule has 0 spiro atoms. The van der Waals surface area contributed by atoms with E-state index in [4.69, 9.17) is 16.3 Å². The highest BCUT2D eigenvalue weighted by Gasteiger charge is 2.27. The minimum Gasteiger partial charge on any atom is -0.492 e. The van der Waals surface area contributed by atoms with E-state index < -0.39 is 20.0 Å². The van der Waals surface area contributed by atoms with Gasteiger partial charge >= 0.3 is 0 Å². The number of sulfonamides is 2. The summed E-state index contributed by atoms with van der Waals surface area (Å²) in [6.45, 7) is 3.36. The van der Waals surface area contributed by atoms with Crippen molar-refractivity contribution in [2.24, 2.45) is 0 Å². The fourth-order valence-corrected chi connectivity index (χ4v) is 8.41. The second kappa shape index (κ2) is 14.7. The lowest BCUT2D eigenvalue weighted by Crippen LogP contribution is -2.35. The van der Waals surface area contributed by atoms with E-state index in [-0.39, 0.29) is 35.4 Å². The SMILES string of the molecule is Cc1ccc(Cl)cc1N(Cc1ccc(C(=O)NCCOc2ccc(S(=O)(=O)N3CCCCC3)cc2)cc1)S(=O)(=O)c1ccccc1. The molecule has 0 radical (unpaired) electrons. The number of anilines is 1. The molecule has 9 nitrogen and oxygen atoms in total. The number of halogens is 1. The first kappa shape index (κ1) is 33.5. The summed E-state index contributed by atoms with van der Waals surface area (Å²) >= 11 is 6.25. The molecule has 1 N–H and O–H groups in total. The highest BCUT2D eigenvalue weighted by atomic mass is 35.5. The maximum Gasteiger partial charge on any atom is 0.264 e. The van der Waals surface area contributed by atoms with Gasteiger partial charge in [0.2, 0.25) is 10.0 Å². The lowest BCUT2D eigenvalue weighted by Gasteiger charge is -2.26. The zero-order chi connectivity index (χ0) is 32.7.